The van der Waals surface area contributed by atoms with Gasteiger partial charge in [-0.1, -0.05) is 6.92 Å². The molecule has 1 unspecified atom stereocenters. The van der Waals surface area contributed by atoms with Gasteiger partial charge < -0.3 is 5.32 Å². The van der Waals surface area contributed by atoms with E-state index in [9.17, 15) is 8.78 Å². The van der Waals surface area contributed by atoms with Crippen LogP contribution in [-0.4, -0.2) is 11.5 Å². The van der Waals surface area contributed by atoms with Gasteiger partial charge in [-0.3, -0.25) is 4.98 Å². The number of nitrogens with one attached hydrogen (secondary N) is 1. The maximum absolute atomic E-state index is 13.6. The summed E-state index contributed by atoms with van der Waals surface area (Å²) in [5.74, 6) is -0.783. The topological polar surface area (TPSA) is 24.9 Å². The van der Waals surface area contributed by atoms with Gasteiger partial charge in [0.25, 0.3) is 0 Å². The molecule has 0 radical (unpaired) electrons. The molecule has 2 rings (SSSR count). The maximum Gasteiger partial charge on any atom is 0.126 e. The van der Waals surface area contributed by atoms with Gasteiger partial charge in [0, 0.05) is 17.1 Å². The first-order chi connectivity index (χ1) is 8.70. The van der Waals surface area contributed by atoms with Crippen LogP contribution in [0.25, 0.3) is 0 Å². The number of likely N-dealkylation sites (N-methyl/N-ethyl adjacent to an activating group) is 1. The Morgan fingerprint density at radius 2 is 2.22 bits per heavy atom. The van der Waals surface area contributed by atoms with Crippen molar-refractivity contribution >= 4 is 11.3 Å². The highest BCUT2D eigenvalue weighted by molar-refractivity contribution is 7.09. The zero-order valence-electron chi connectivity index (χ0n) is 9.99. The van der Waals surface area contributed by atoms with Crippen LogP contribution in [0.15, 0.2) is 29.9 Å². The molecule has 1 N–H and O–H groups in total. The van der Waals surface area contributed by atoms with Crippen molar-refractivity contribution in [3.63, 3.8) is 0 Å². The van der Waals surface area contributed by atoms with Crippen molar-refractivity contribution in [1.82, 2.24) is 10.3 Å². The minimum absolute atomic E-state index is 0.0289. The minimum atomic E-state index is -0.411. The molecule has 1 heterocycles. The van der Waals surface area contributed by atoms with E-state index in [2.05, 4.69) is 10.3 Å². The second-order valence-corrected chi connectivity index (χ2v) is 4.87. The van der Waals surface area contributed by atoms with Gasteiger partial charge in [0.1, 0.15) is 11.6 Å². The van der Waals surface area contributed by atoms with Gasteiger partial charge >= 0.3 is 0 Å². The number of aromatic nitrogens is 1. The molecule has 1 atom stereocenters. The van der Waals surface area contributed by atoms with Gasteiger partial charge in [-0.15, -0.1) is 11.3 Å². The Bertz CT molecular complexity index is 500. The van der Waals surface area contributed by atoms with Crippen LogP contribution in [0.2, 0.25) is 0 Å². The van der Waals surface area contributed by atoms with Gasteiger partial charge in [0.15, 0.2) is 0 Å². The Morgan fingerprint density at radius 1 is 1.39 bits per heavy atom. The van der Waals surface area contributed by atoms with E-state index in [0.29, 0.717) is 12.0 Å². The van der Waals surface area contributed by atoms with Crippen LogP contribution in [0.3, 0.4) is 0 Å². The summed E-state index contributed by atoms with van der Waals surface area (Å²) in [6.45, 7) is 2.75. The molecule has 0 aliphatic rings. The number of hydrogen-bond donors (Lipinski definition) is 1. The first kappa shape index (κ1) is 13.1. The standard InChI is InChI=1S/C13H14F2N2S/c1-2-17-12(13-7-16-8-18-13)6-9-5-10(14)3-4-11(9)15/h3-5,7-8,12,17H,2,6H2,1H3. The van der Waals surface area contributed by atoms with Crippen molar-refractivity contribution in [2.75, 3.05) is 6.54 Å². The Hall–Kier alpha value is -1.33. The van der Waals surface area contributed by atoms with Crippen molar-refractivity contribution in [1.29, 1.82) is 0 Å². The Morgan fingerprint density at radius 3 is 2.89 bits per heavy atom. The highest BCUT2D eigenvalue weighted by Crippen LogP contribution is 2.23. The molecular weight excluding hydrogens is 254 g/mol. The Labute approximate surface area is 109 Å². The summed E-state index contributed by atoms with van der Waals surface area (Å²) in [6, 6.07) is 3.52. The third-order valence-electron chi connectivity index (χ3n) is 2.68. The zero-order valence-corrected chi connectivity index (χ0v) is 10.8. The molecule has 0 fully saturated rings. The molecule has 0 spiro atoms. The number of hydrogen-bond acceptors (Lipinski definition) is 3. The lowest BCUT2D eigenvalue weighted by Crippen LogP contribution is -2.22. The van der Waals surface area contributed by atoms with E-state index < -0.39 is 5.82 Å². The van der Waals surface area contributed by atoms with E-state index in [-0.39, 0.29) is 11.9 Å². The summed E-state index contributed by atoms with van der Waals surface area (Å²) in [6.07, 6.45) is 2.18. The molecule has 0 amide bonds. The molecule has 96 valence electrons. The predicted octanol–water partition coefficient (Wildman–Crippen LogP) is 3.31. The largest absolute Gasteiger partial charge is 0.309 e. The van der Waals surface area contributed by atoms with Crippen LogP contribution in [0, 0.1) is 11.6 Å². The summed E-state index contributed by atoms with van der Waals surface area (Å²) >= 11 is 1.51. The fourth-order valence-electron chi connectivity index (χ4n) is 1.84. The molecule has 18 heavy (non-hydrogen) atoms. The minimum Gasteiger partial charge on any atom is -0.309 e. The lowest BCUT2D eigenvalue weighted by molar-refractivity contribution is 0.527. The summed E-state index contributed by atoms with van der Waals surface area (Å²) in [5, 5.41) is 3.26. The summed E-state index contributed by atoms with van der Waals surface area (Å²) in [4.78, 5) is 5.05. The van der Waals surface area contributed by atoms with Gasteiger partial charge in [0.2, 0.25) is 0 Å². The van der Waals surface area contributed by atoms with E-state index in [1.54, 1.807) is 11.7 Å². The van der Waals surface area contributed by atoms with Crippen molar-refractivity contribution in [2.24, 2.45) is 0 Å². The normalized spacial score (nSPS) is 12.6. The highest BCUT2D eigenvalue weighted by atomic mass is 32.1. The quantitative estimate of drug-likeness (QED) is 0.900. The number of thiazole rings is 1. The van der Waals surface area contributed by atoms with E-state index >= 15 is 0 Å². The first-order valence-corrected chi connectivity index (χ1v) is 6.64. The molecule has 1 aromatic heterocycles. The van der Waals surface area contributed by atoms with Crippen LogP contribution in [0.5, 0.6) is 0 Å². The SMILES string of the molecule is CCNC(Cc1cc(F)ccc1F)c1cncs1. The summed E-state index contributed by atoms with van der Waals surface area (Å²) in [5.41, 5.74) is 2.12. The van der Waals surface area contributed by atoms with Gasteiger partial charge in [-0.2, -0.15) is 0 Å². The summed E-state index contributed by atoms with van der Waals surface area (Å²) in [7, 11) is 0. The number of nitrogens with zero attached hydrogens (tertiary/aromatic N) is 1. The van der Waals surface area contributed by atoms with Crippen LogP contribution in [0.1, 0.15) is 23.4 Å². The Kier molecular flexibility index (Phi) is 4.38. The van der Waals surface area contributed by atoms with Crippen LogP contribution in [0.4, 0.5) is 8.78 Å². The van der Waals surface area contributed by atoms with Crippen molar-refractivity contribution < 1.29 is 8.78 Å². The lowest BCUT2D eigenvalue weighted by Gasteiger charge is -2.16. The van der Waals surface area contributed by atoms with Crippen molar-refractivity contribution in [2.45, 2.75) is 19.4 Å². The van der Waals surface area contributed by atoms with Gasteiger partial charge in [0.05, 0.1) is 5.51 Å². The van der Waals surface area contributed by atoms with E-state index in [1.165, 1.54) is 23.5 Å². The second kappa shape index (κ2) is 6.02. The molecule has 0 saturated carbocycles. The second-order valence-electron chi connectivity index (χ2n) is 3.95. The smallest absolute Gasteiger partial charge is 0.126 e. The zero-order chi connectivity index (χ0) is 13.0. The molecular formula is C13H14F2N2S. The fourth-order valence-corrected chi connectivity index (χ4v) is 2.53. The molecule has 0 bridgehead atoms. The molecule has 5 heteroatoms. The summed E-state index contributed by atoms with van der Waals surface area (Å²) < 4.78 is 26.7. The highest BCUT2D eigenvalue weighted by Gasteiger charge is 2.15. The first-order valence-electron chi connectivity index (χ1n) is 5.76. The van der Waals surface area contributed by atoms with Crippen molar-refractivity contribution in [3.05, 3.63) is 52.0 Å². The molecule has 2 aromatic rings. The fraction of sp³-hybridized carbons (Fsp3) is 0.308. The average Bonchev–Trinajstić information content (AvgIpc) is 2.87. The Balaban J connectivity index is 2.21. The number of benzene rings is 1. The van der Waals surface area contributed by atoms with E-state index in [0.717, 1.165) is 17.5 Å². The number of rotatable bonds is 5. The third-order valence-corrected chi connectivity index (χ3v) is 3.57. The molecule has 0 saturated heterocycles. The number of halogens is 2. The average molecular weight is 268 g/mol. The van der Waals surface area contributed by atoms with Crippen LogP contribution >= 0.6 is 11.3 Å². The van der Waals surface area contributed by atoms with E-state index in [4.69, 9.17) is 0 Å². The molecule has 0 aliphatic heterocycles. The van der Waals surface area contributed by atoms with Gasteiger partial charge in [-0.05, 0) is 36.7 Å². The molecule has 1 aromatic carbocycles. The van der Waals surface area contributed by atoms with Gasteiger partial charge in [-0.25, -0.2) is 8.78 Å². The predicted molar refractivity (Wildman–Crippen MR) is 68.6 cm³/mol. The monoisotopic (exact) mass is 268 g/mol. The van der Waals surface area contributed by atoms with Crippen LogP contribution in [-0.2, 0) is 6.42 Å². The lowest BCUT2D eigenvalue weighted by atomic mass is 10.0. The molecule has 2 nitrogen and oxygen atoms in total. The molecule has 0 aliphatic carbocycles. The maximum atomic E-state index is 13.6. The third kappa shape index (κ3) is 3.11. The van der Waals surface area contributed by atoms with Crippen LogP contribution < -0.4 is 5.32 Å². The van der Waals surface area contributed by atoms with E-state index in [1.807, 2.05) is 6.92 Å². The van der Waals surface area contributed by atoms with Crippen molar-refractivity contribution in [3.8, 4) is 0 Å².